The number of ketones is 1. The lowest BCUT2D eigenvalue weighted by molar-refractivity contribution is 0.101. The Bertz CT molecular complexity index is 612. The van der Waals surface area contributed by atoms with Gasteiger partial charge in [0, 0.05) is 17.0 Å². The van der Waals surface area contributed by atoms with Crippen molar-refractivity contribution in [3.8, 4) is 11.5 Å². The molecule has 18 heavy (non-hydrogen) atoms. The zero-order valence-corrected chi connectivity index (χ0v) is 9.53. The van der Waals surface area contributed by atoms with Gasteiger partial charge in [-0.05, 0) is 23.6 Å². The number of allylic oxidation sites excluding steroid dienone is 1. The molecule has 3 nitrogen and oxygen atoms in total. The molecule has 0 spiro atoms. The summed E-state index contributed by atoms with van der Waals surface area (Å²) >= 11 is 1.54. The number of hydrogen-bond acceptors (Lipinski definition) is 4. The molecule has 92 valence electrons. The second-order valence-corrected chi connectivity index (χ2v) is 4.61. The zero-order valence-electron chi connectivity index (χ0n) is 8.71. The van der Waals surface area contributed by atoms with E-state index in [1.165, 1.54) is 23.5 Å². The SMILES string of the molecule is C.O=C1/C(=C/c2cccs2)Oc2cc(O)ccc21. The number of phenolic OH excluding ortho intramolecular Hbond substituents is 1. The van der Waals surface area contributed by atoms with Crippen LogP contribution in [-0.2, 0) is 0 Å². The topological polar surface area (TPSA) is 46.5 Å². The number of thiophene rings is 1. The van der Waals surface area contributed by atoms with Crippen molar-refractivity contribution in [2.75, 3.05) is 0 Å². The van der Waals surface area contributed by atoms with Gasteiger partial charge in [-0.15, -0.1) is 11.3 Å². The monoisotopic (exact) mass is 260 g/mol. The molecule has 0 saturated carbocycles. The Kier molecular flexibility index (Phi) is 3.21. The van der Waals surface area contributed by atoms with E-state index in [2.05, 4.69) is 0 Å². The van der Waals surface area contributed by atoms with Crippen LogP contribution in [0.25, 0.3) is 6.08 Å². The van der Waals surface area contributed by atoms with Crippen molar-refractivity contribution in [3.05, 3.63) is 51.9 Å². The summed E-state index contributed by atoms with van der Waals surface area (Å²) in [6.07, 6.45) is 1.71. The first kappa shape index (κ1) is 12.4. The van der Waals surface area contributed by atoms with Gasteiger partial charge in [0.2, 0.25) is 5.78 Å². The van der Waals surface area contributed by atoms with Crippen LogP contribution in [0.3, 0.4) is 0 Å². The Balaban J connectivity index is 0.00000120. The van der Waals surface area contributed by atoms with Gasteiger partial charge in [-0.25, -0.2) is 0 Å². The summed E-state index contributed by atoms with van der Waals surface area (Å²) in [6, 6.07) is 8.32. The van der Waals surface area contributed by atoms with Crippen molar-refractivity contribution in [2.24, 2.45) is 0 Å². The smallest absolute Gasteiger partial charge is 0.232 e. The van der Waals surface area contributed by atoms with E-state index in [-0.39, 0.29) is 19.0 Å². The lowest BCUT2D eigenvalue weighted by atomic mass is 10.1. The van der Waals surface area contributed by atoms with E-state index < -0.39 is 0 Å². The number of carbonyl (C=O) groups is 1. The maximum Gasteiger partial charge on any atom is 0.232 e. The third-order valence-electron chi connectivity index (χ3n) is 2.47. The van der Waals surface area contributed by atoms with E-state index in [1.807, 2.05) is 17.5 Å². The van der Waals surface area contributed by atoms with Gasteiger partial charge in [0.05, 0.1) is 5.56 Å². The van der Waals surface area contributed by atoms with Gasteiger partial charge in [-0.3, -0.25) is 4.79 Å². The molecular formula is C14H12O3S. The summed E-state index contributed by atoms with van der Waals surface area (Å²) in [4.78, 5) is 12.9. The predicted octanol–water partition coefficient (Wildman–Crippen LogP) is 3.71. The Morgan fingerprint density at radius 3 is 2.83 bits per heavy atom. The van der Waals surface area contributed by atoms with Crippen molar-refractivity contribution in [1.29, 1.82) is 0 Å². The van der Waals surface area contributed by atoms with Gasteiger partial charge < -0.3 is 9.84 Å². The normalized spacial score (nSPS) is 15.1. The maximum absolute atomic E-state index is 12.0. The van der Waals surface area contributed by atoms with Crippen LogP contribution in [0.4, 0.5) is 0 Å². The van der Waals surface area contributed by atoms with Crippen LogP contribution in [0, 0.1) is 0 Å². The van der Waals surface area contributed by atoms with Crippen LogP contribution in [0.2, 0.25) is 0 Å². The molecule has 0 fully saturated rings. The molecule has 1 aliphatic heterocycles. The Morgan fingerprint density at radius 1 is 1.28 bits per heavy atom. The number of ether oxygens (including phenoxy) is 1. The lowest BCUT2D eigenvalue weighted by Crippen LogP contribution is -1.97. The lowest BCUT2D eigenvalue weighted by Gasteiger charge is -1.97. The summed E-state index contributed by atoms with van der Waals surface area (Å²) in [7, 11) is 0. The number of rotatable bonds is 1. The molecule has 1 aromatic heterocycles. The molecule has 1 N–H and O–H groups in total. The van der Waals surface area contributed by atoms with Crippen LogP contribution in [0.15, 0.2) is 41.5 Å². The number of fused-ring (bicyclic) bond motifs is 1. The van der Waals surface area contributed by atoms with E-state index in [4.69, 9.17) is 4.74 Å². The Morgan fingerprint density at radius 2 is 2.11 bits per heavy atom. The first-order valence-electron chi connectivity index (χ1n) is 5.05. The van der Waals surface area contributed by atoms with E-state index in [9.17, 15) is 9.90 Å². The summed E-state index contributed by atoms with van der Waals surface area (Å²) in [5.41, 5.74) is 0.491. The van der Waals surface area contributed by atoms with Crippen LogP contribution < -0.4 is 4.74 Å². The molecule has 0 bridgehead atoms. The summed E-state index contributed by atoms with van der Waals surface area (Å²) in [5, 5.41) is 11.3. The highest BCUT2D eigenvalue weighted by Crippen LogP contribution is 2.34. The summed E-state index contributed by atoms with van der Waals surface area (Å²) in [5.74, 6) is 0.660. The fraction of sp³-hybridized carbons (Fsp3) is 0.0714. The van der Waals surface area contributed by atoms with Crippen LogP contribution in [0.1, 0.15) is 22.7 Å². The van der Waals surface area contributed by atoms with Gasteiger partial charge in [-0.1, -0.05) is 13.5 Å². The maximum atomic E-state index is 12.0. The quantitative estimate of drug-likeness (QED) is 0.795. The van der Waals surface area contributed by atoms with E-state index in [0.717, 1.165) is 4.88 Å². The first-order chi connectivity index (χ1) is 8.24. The predicted molar refractivity (Wildman–Crippen MR) is 72.1 cm³/mol. The molecule has 3 rings (SSSR count). The van der Waals surface area contributed by atoms with Gasteiger partial charge in [0.1, 0.15) is 11.5 Å². The highest BCUT2D eigenvalue weighted by Gasteiger charge is 2.27. The first-order valence-corrected chi connectivity index (χ1v) is 5.93. The van der Waals surface area contributed by atoms with Gasteiger partial charge >= 0.3 is 0 Å². The minimum absolute atomic E-state index is 0. The molecule has 2 heterocycles. The molecular weight excluding hydrogens is 248 g/mol. The average Bonchev–Trinajstić information content (AvgIpc) is 2.89. The number of phenols is 1. The minimum Gasteiger partial charge on any atom is -0.508 e. The molecule has 1 aliphatic rings. The Hall–Kier alpha value is -2.07. The number of aromatic hydroxyl groups is 1. The summed E-state index contributed by atoms with van der Waals surface area (Å²) in [6.45, 7) is 0. The second kappa shape index (κ2) is 4.66. The highest BCUT2D eigenvalue weighted by molar-refractivity contribution is 7.10. The van der Waals surface area contributed by atoms with Gasteiger partial charge in [0.25, 0.3) is 0 Å². The summed E-state index contributed by atoms with van der Waals surface area (Å²) < 4.78 is 5.43. The molecule has 0 amide bonds. The zero-order chi connectivity index (χ0) is 11.8. The van der Waals surface area contributed by atoms with E-state index in [0.29, 0.717) is 17.1 Å². The van der Waals surface area contributed by atoms with E-state index in [1.54, 1.807) is 12.1 Å². The molecule has 0 aliphatic carbocycles. The van der Waals surface area contributed by atoms with Crippen molar-refractivity contribution in [3.63, 3.8) is 0 Å². The van der Waals surface area contributed by atoms with Crippen molar-refractivity contribution >= 4 is 23.2 Å². The number of Topliss-reactive ketones (excluding diaryl/α,β-unsaturated/α-hetero) is 1. The van der Waals surface area contributed by atoms with Crippen LogP contribution in [0.5, 0.6) is 11.5 Å². The van der Waals surface area contributed by atoms with Crippen molar-refractivity contribution in [1.82, 2.24) is 0 Å². The number of carbonyl (C=O) groups excluding carboxylic acids is 1. The standard InChI is InChI=1S/C13H8O3S.CH4/c14-8-3-4-10-11(6-8)16-12(13(10)15)7-9-2-1-5-17-9;/h1-7,14H;1H4/b12-7-;. The highest BCUT2D eigenvalue weighted by atomic mass is 32.1. The third kappa shape index (κ3) is 2.02. The fourth-order valence-electron chi connectivity index (χ4n) is 1.68. The molecule has 1 aromatic carbocycles. The number of benzene rings is 1. The van der Waals surface area contributed by atoms with E-state index >= 15 is 0 Å². The number of hydrogen-bond donors (Lipinski definition) is 1. The molecule has 0 saturated heterocycles. The molecule has 0 unspecified atom stereocenters. The molecule has 0 radical (unpaired) electrons. The molecule has 2 aromatic rings. The van der Waals surface area contributed by atoms with Gasteiger partial charge in [-0.2, -0.15) is 0 Å². The molecule has 4 heteroatoms. The largest absolute Gasteiger partial charge is 0.508 e. The fourth-order valence-corrected chi connectivity index (χ4v) is 2.32. The molecule has 0 atom stereocenters. The average molecular weight is 260 g/mol. The van der Waals surface area contributed by atoms with Crippen molar-refractivity contribution < 1.29 is 14.6 Å². The van der Waals surface area contributed by atoms with Crippen molar-refractivity contribution in [2.45, 2.75) is 7.43 Å². The Labute approximate surface area is 109 Å². The second-order valence-electron chi connectivity index (χ2n) is 3.64. The third-order valence-corrected chi connectivity index (χ3v) is 3.29. The van der Waals surface area contributed by atoms with Crippen LogP contribution in [-0.4, -0.2) is 10.9 Å². The van der Waals surface area contributed by atoms with Crippen LogP contribution >= 0.6 is 11.3 Å². The van der Waals surface area contributed by atoms with Gasteiger partial charge in [0.15, 0.2) is 5.76 Å². The minimum atomic E-state index is -0.145.